The molecule has 1 rings (SSSR count). The first-order valence-electron chi connectivity index (χ1n) is 6.24. The zero-order chi connectivity index (χ0) is 12.0. The lowest BCUT2D eigenvalue weighted by Gasteiger charge is -2.14. The first kappa shape index (κ1) is 13.3. The lowest BCUT2D eigenvalue weighted by atomic mass is 9.94. The van der Waals surface area contributed by atoms with Gasteiger partial charge in [-0.2, -0.15) is 0 Å². The fraction of sp³-hybridized carbons (Fsp3) is 0.714. The number of hydrogen-bond acceptors (Lipinski definition) is 2. The molecule has 0 atom stereocenters. The molecule has 0 aliphatic carbocycles. The minimum atomic E-state index is 0.106. The molecule has 1 aromatic heterocycles. The predicted octanol–water partition coefficient (Wildman–Crippen LogP) is 3.67. The molecule has 0 spiro atoms. The zero-order valence-corrected chi connectivity index (χ0v) is 10.8. The van der Waals surface area contributed by atoms with E-state index in [1.54, 1.807) is 0 Å². The Morgan fingerprint density at radius 3 is 2.31 bits per heavy atom. The summed E-state index contributed by atoms with van der Waals surface area (Å²) in [5.41, 5.74) is 0.106. The molecule has 0 aromatic carbocycles. The monoisotopic (exact) mass is 224 g/mol. The van der Waals surface area contributed by atoms with Gasteiger partial charge in [0, 0.05) is 18.4 Å². The smallest absolute Gasteiger partial charge is 0.109 e. The van der Waals surface area contributed by atoms with Crippen LogP contribution in [0.2, 0.25) is 0 Å². The highest BCUT2D eigenvalue weighted by Crippen LogP contribution is 2.24. The average Bonchev–Trinajstić information content (AvgIpc) is 2.65. The SMILES string of the molecule is CC(C)(C)c1ccc(CCCCCCO)o1. The molecule has 0 bridgehead atoms. The second kappa shape index (κ2) is 6.09. The molecular weight excluding hydrogens is 200 g/mol. The third-order valence-electron chi connectivity index (χ3n) is 2.73. The fourth-order valence-electron chi connectivity index (χ4n) is 1.68. The summed E-state index contributed by atoms with van der Waals surface area (Å²) < 4.78 is 5.81. The minimum Gasteiger partial charge on any atom is -0.466 e. The Kier molecular flexibility index (Phi) is 5.07. The van der Waals surface area contributed by atoms with Gasteiger partial charge >= 0.3 is 0 Å². The first-order chi connectivity index (χ1) is 7.54. The summed E-state index contributed by atoms with van der Waals surface area (Å²) >= 11 is 0. The lowest BCUT2D eigenvalue weighted by molar-refractivity contribution is 0.282. The van der Waals surface area contributed by atoms with E-state index in [4.69, 9.17) is 9.52 Å². The lowest BCUT2D eigenvalue weighted by Crippen LogP contribution is -2.09. The second-order valence-electron chi connectivity index (χ2n) is 5.40. The van der Waals surface area contributed by atoms with Crippen LogP contribution in [-0.4, -0.2) is 11.7 Å². The quantitative estimate of drug-likeness (QED) is 0.748. The molecule has 0 aliphatic rings. The van der Waals surface area contributed by atoms with Crippen molar-refractivity contribution in [1.82, 2.24) is 0 Å². The van der Waals surface area contributed by atoms with E-state index < -0.39 is 0 Å². The molecule has 1 N–H and O–H groups in total. The Labute approximate surface area is 98.7 Å². The molecule has 0 amide bonds. The molecule has 0 saturated carbocycles. The largest absolute Gasteiger partial charge is 0.466 e. The Balaban J connectivity index is 2.30. The highest BCUT2D eigenvalue weighted by atomic mass is 16.3. The van der Waals surface area contributed by atoms with Crippen molar-refractivity contribution in [1.29, 1.82) is 0 Å². The van der Waals surface area contributed by atoms with Crippen LogP contribution in [0.5, 0.6) is 0 Å². The van der Waals surface area contributed by atoms with Gasteiger partial charge in [0.2, 0.25) is 0 Å². The second-order valence-corrected chi connectivity index (χ2v) is 5.40. The summed E-state index contributed by atoms with van der Waals surface area (Å²) in [7, 11) is 0. The van der Waals surface area contributed by atoms with Crippen LogP contribution in [0.4, 0.5) is 0 Å². The van der Waals surface area contributed by atoms with Gasteiger partial charge in [-0.25, -0.2) is 0 Å². The van der Waals surface area contributed by atoms with E-state index in [2.05, 4.69) is 32.9 Å². The number of aliphatic hydroxyl groups is 1. The van der Waals surface area contributed by atoms with Crippen molar-refractivity contribution < 1.29 is 9.52 Å². The number of hydrogen-bond donors (Lipinski definition) is 1. The van der Waals surface area contributed by atoms with E-state index in [0.29, 0.717) is 6.61 Å². The number of aryl methyl sites for hydroxylation is 1. The third kappa shape index (κ3) is 4.40. The summed E-state index contributed by atoms with van der Waals surface area (Å²) in [4.78, 5) is 0. The molecule has 0 radical (unpaired) electrons. The van der Waals surface area contributed by atoms with Crippen LogP contribution in [0.1, 0.15) is 58.0 Å². The van der Waals surface area contributed by atoms with Gasteiger partial charge in [0.05, 0.1) is 0 Å². The number of unbranched alkanes of at least 4 members (excludes halogenated alkanes) is 3. The molecule has 1 heterocycles. The highest BCUT2D eigenvalue weighted by Gasteiger charge is 2.17. The van der Waals surface area contributed by atoms with Gasteiger partial charge in [-0.15, -0.1) is 0 Å². The minimum absolute atomic E-state index is 0.106. The van der Waals surface area contributed by atoms with Crippen LogP contribution in [0.25, 0.3) is 0 Å². The molecule has 0 unspecified atom stereocenters. The Morgan fingerprint density at radius 1 is 1.06 bits per heavy atom. The molecule has 0 aliphatic heterocycles. The molecule has 1 aromatic rings. The van der Waals surface area contributed by atoms with Crippen LogP contribution >= 0.6 is 0 Å². The average molecular weight is 224 g/mol. The zero-order valence-electron chi connectivity index (χ0n) is 10.8. The summed E-state index contributed by atoms with van der Waals surface area (Å²) in [5, 5.41) is 8.66. The van der Waals surface area contributed by atoms with Gasteiger partial charge in [-0.05, 0) is 25.0 Å². The van der Waals surface area contributed by atoms with Gasteiger partial charge in [-0.1, -0.05) is 33.6 Å². The maximum atomic E-state index is 8.66. The summed E-state index contributed by atoms with van der Waals surface area (Å²) in [6.45, 7) is 6.81. The molecule has 2 nitrogen and oxygen atoms in total. The highest BCUT2D eigenvalue weighted by molar-refractivity contribution is 5.14. The van der Waals surface area contributed by atoms with Crippen molar-refractivity contribution in [2.45, 2.75) is 58.3 Å². The van der Waals surface area contributed by atoms with Crippen molar-refractivity contribution in [3.05, 3.63) is 23.7 Å². The van der Waals surface area contributed by atoms with Crippen LogP contribution in [0.3, 0.4) is 0 Å². The van der Waals surface area contributed by atoms with Crippen LogP contribution in [0.15, 0.2) is 16.5 Å². The van der Waals surface area contributed by atoms with Crippen LogP contribution in [-0.2, 0) is 11.8 Å². The van der Waals surface area contributed by atoms with Gasteiger partial charge in [0.1, 0.15) is 11.5 Å². The number of rotatable bonds is 6. The fourth-order valence-corrected chi connectivity index (χ4v) is 1.68. The predicted molar refractivity (Wildman–Crippen MR) is 66.7 cm³/mol. The Hall–Kier alpha value is -0.760. The maximum Gasteiger partial charge on any atom is 0.109 e. The first-order valence-corrected chi connectivity index (χ1v) is 6.24. The number of aliphatic hydroxyl groups excluding tert-OH is 1. The standard InChI is InChI=1S/C14H24O2/c1-14(2,3)13-10-9-12(16-13)8-6-4-5-7-11-15/h9-10,15H,4-8,11H2,1-3H3. The van der Waals surface area contributed by atoms with E-state index in [0.717, 1.165) is 37.2 Å². The molecule has 92 valence electrons. The van der Waals surface area contributed by atoms with Crippen LogP contribution in [0, 0.1) is 0 Å². The van der Waals surface area contributed by atoms with Gasteiger partial charge in [0.25, 0.3) is 0 Å². The van der Waals surface area contributed by atoms with Gasteiger partial charge in [-0.3, -0.25) is 0 Å². The summed E-state index contributed by atoms with van der Waals surface area (Å²) in [5.74, 6) is 2.16. The van der Waals surface area contributed by atoms with Crippen molar-refractivity contribution in [3.63, 3.8) is 0 Å². The summed E-state index contributed by atoms with van der Waals surface area (Å²) in [6, 6.07) is 4.18. The topological polar surface area (TPSA) is 33.4 Å². The molecule has 16 heavy (non-hydrogen) atoms. The maximum absolute atomic E-state index is 8.66. The Morgan fingerprint density at radius 2 is 1.75 bits per heavy atom. The van der Waals surface area contributed by atoms with E-state index in [-0.39, 0.29) is 5.41 Å². The van der Waals surface area contributed by atoms with E-state index in [1.165, 1.54) is 6.42 Å². The van der Waals surface area contributed by atoms with Crippen molar-refractivity contribution in [2.75, 3.05) is 6.61 Å². The van der Waals surface area contributed by atoms with Crippen LogP contribution < -0.4 is 0 Å². The molecular formula is C14H24O2. The molecule has 0 saturated heterocycles. The van der Waals surface area contributed by atoms with E-state index >= 15 is 0 Å². The van der Waals surface area contributed by atoms with Gasteiger partial charge < -0.3 is 9.52 Å². The van der Waals surface area contributed by atoms with E-state index in [9.17, 15) is 0 Å². The van der Waals surface area contributed by atoms with Gasteiger partial charge in [0.15, 0.2) is 0 Å². The summed E-state index contributed by atoms with van der Waals surface area (Å²) in [6.07, 6.45) is 5.37. The van der Waals surface area contributed by atoms with E-state index in [1.807, 2.05) is 0 Å². The Bertz CT molecular complexity index is 294. The normalized spacial score (nSPS) is 12.0. The van der Waals surface area contributed by atoms with Crippen molar-refractivity contribution in [2.24, 2.45) is 0 Å². The third-order valence-corrected chi connectivity index (χ3v) is 2.73. The van der Waals surface area contributed by atoms with Crippen molar-refractivity contribution >= 4 is 0 Å². The van der Waals surface area contributed by atoms with Crippen molar-refractivity contribution in [3.8, 4) is 0 Å². The molecule has 2 heteroatoms. The molecule has 0 fully saturated rings. The number of furan rings is 1.